The minimum absolute atomic E-state index is 0.0212. The van der Waals surface area contributed by atoms with E-state index in [9.17, 15) is 14.9 Å². The third kappa shape index (κ3) is 3.71. The molecule has 0 unspecified atom stereocenters. The SMILES string of the molecule is Cc1ccc2cccc(Oc3ncnc(NNC(=O)c4ccco4)c3[N+](=O)[O-])c2n1. The topological polar surface area (TPSA) is 145 Å². The van der Waals surface area contributed by atoms with Gasteiger partial charge in [0.1, 0.15) is 11.8 Å². The number of fused-ring (bicyclic) bond motifs is 1. The van der Waals surface area contributed by atoms with Gasteiger partial charge >= 0.3 is 17.5 Å². The maximum atomic E-state index is 12.0. The van der Waals surface area contributed by atoms with Gasteiger partial charge in [-0.2, -0.15) is 4.98 Å². The Kier molecular flexibility index (Phi) is 4.91. The van der Waals surface area contributed by atoms with Gasteiger partial charge in [0.15, 0.2) is 11.5 Å². The largest absolute Gasteiger partial charge is 0.459 e. The van der Waals surface area contributed by atoms with E-state index in [-0.39, 0.29) is 17.5 Å². The number of nitrogens with one attached hydrogen (secondary N) is 2. The Bertz CT molecular complexity index is 1240. The summed E-state index contributed by atoms with van der Waals surface area (Å²) in [6.07, 6.45) is 2.40. The van der Waals surface area contributed by atoms with Crippen molar-refractivity contribution in [3.8, 4) is 11.6 Å². The maximum absolute atomic E-state index is 12.0. The number of nitrogens with zero attached hydrogens (tertiary/aromatic N) is 4. The number of furan rings is 1. The lowest BCUT2D eigenvalue weighted by atomic mass is 10.2. The molecule has 0 aliphatic heterocycles. The van der Waals surface area contributed by atoms with Gasteiger partial charge < -0.3 is 9.15 Å². The van der Waals surface area contributed by atoms with Crippen molar-refractivity contribution in [3.63, 3.8) is 0 Å². The second-order valence-corrected chi connectivity index (χ2v) is 6.07. The van der Waals surface area contributed by atoms with Crippen LogP contribution in [0.2, 0.25) is 0 Å². The quantitative estimate of drug-likeness (QED) is 0.363. The molecule has 0 atom stereocenters. The normalized spacial score (nSPS) is 10.6. The molecule has 0 saturated heterocycles. The summed E-state index contributed by atoms with van der Waals surface area (Å²) in [5.74, 6) is -0.879. The van der Waals surface area contributed by atoms with Crippen LogP contribution in [0.4, 0.5) is 11.5 Å². The fourth-order valence-electron chi connectivity index (χ4n) is 2.68. The molecule has 4 rings (SSSR count). The van der Waals surface area contributed by atoms with Crippen molar-refractivity contribution in [1.29, 1.82) is 0 Å². The molecule has 0 saturated carbocycles. The minimum atomic E-state index is -0.708. The van der Waals surface area contributed by atoms with Crippen LogP contribution >= 0.6 is 0 Å². The summed E-state index contributed by atoms with van der Waals surface area (Å²) < 4.78 is 10.7. The van der Waals surface area contributed by atoms with Crippen LogP contribution in [-0.2, 0) is 0 Å². The van der Waals surface area contributed by atoms with Gasteiger partial charge in [-0.1, -0.05) is 18.2 Å². The summed E-state index contributed by atoms with van der Waals surface area (Å²) >= 11 is 0. The number of aromatic nitrogens is 3. The molecule has 0 bridgehead atoms. The zero-order chi connectivity index (χ0) is 21.1. The molecular formula is C19H14N6O5. The Hall–Kier alpha value is -4.54. The number of hydrazine groups is 1. The van der Waals surface area contributed by atoms with E-state index < -0.39 is 16.5 Å². The number of nitro groups is 1. The first kappa shape index (κ1) is 18.8. The van der Waals surface area contributed by atoms with Crippen LogP contribution in [0.3, 0.4) is 0 Å². The summed E-state index contributed by atoms with van der Waals surface area (Å²) in [4.78, 5) is 35.1. The van der Waals surface area contributed by atoms with E-state index in [1.807, 2.05) is 25.1 Å². The van der Waals surface area contributed by atoms with Gasteiger partial charge in [-0.25, -0.2) is 9.97 Å². The van der Waals surface area contributed by atoms with Gasteiger partial charge in [-0.15, -0.1) is 0 Å². The smallest absolute Gasteiger partial charge is 0.374 e. The van der Waals surface area contributed by atoms with Crippen LogP contribution in [0, 0.1) is 17.0 Å². The summed E-state index contributed by atoms with van der Waals surface area (Å²) in [6.45, 7) is 1.83. The van der Waals surface area contributed by atoms with E-state index in [0.717, 1.165) is 17.4 Å². The third-order valence-electron chi connectivity index (χ3n) is 4.04. The molecule has 1 aromatic carbocycles. The second-order valence-electron chi connectivity index (χ2n) is 6.07. The van der Waals surface area contributed by atoms with E-state index in [1.54, 1.807) is 12.1 Å². The van der Waals surface area contributed by atoms with Gasteiger partial charge in [0.2, 0.25) is 5.82 Å². The van der Waals surface area contributed by atoms with E-state index >= 15 is 0 Å². The molecule has 4 aromatic rings. The molecule has 0 fully saturated rings. The monoisotopic (exact) mass is 406 g/mol. The summed E-state index contributed by atoms with van der Waals surface area (Å²) in [6, 6.07) is 11.9. The highest BCUT2D eigenvalue weighted by atomic mass is 16.6. The number of benzene rings is 1. The number of ether oxygens (including phenoxy) is 1. The van der Waals surface area contributed by atoms with Crippen LogP contribution in [0.25, 0.3) is 10.9 Å². The minimum Gasteiger partial charge on any atom is -0.459 e. The molecule has 1 amide bonds. The van der Waals surface area contributed by atoms with E-state index in [2.05, 4.69) is 25.8 Å². The number of carbonyl (C=O) groups is 1. The van der Waals surface area contributed by atoms with Crippen molar-refractivity contribution in [3.05, 3.63) is 76.6 Å². The van der Waals surface area contributed by atoms with Gasteiger partial charge in [-0.3, -0.25) is 25.8 Å². The van der Waals surface area contributed by atoms with Crippen molar-refractivity contribution >= 4 is 28.3 Å². The Morgan fingerprint density at radius 2 is 2.03 bits per heavy atom. The fourth-order valence-corrected chi connectivity index (χ4v) is 2.68. The lowest BCUT2D eigenvalue weighted by Gasteiger charge is -2.11. The average Bonchev–Trinajstić information content (AvgIpc) is 3.27. The van der Waals surface area contributed by atoms with Gasteiger partial charge in [0.05, 0.1) is 11.2 Å². The predicted octanol–water partition coefficient (Wildman–Crippen LogP) is 3.38. The van der Waals surface area contributed by atoms with Crippen molar-refractivity contribution in [1.82, 2.24) is 20.4 Å². The standard InChI is InChI=1S/C19H14N6O5/c1-11-7-8-12-4-2-5-13(15(12)22-11)30-19-16(25(27)28)17(20-10-21-19)23-24-18(26)14-6-3-9-29-14/h2-10H,1H3,(H,24,26)(H,20,21,23). The van der Waals surface area contributed by atoms with Crippen LogP contribution < -0.4 is 15.6 Å². The zero-order valence-corrected chi connectivity index (χ0v) is 15.5. The predicted molar refractivity (Wildman–Crippen MR) is 105 cm³/mol. The Morgan fingerprint density at radius 1 is 1.17 bits per heavy atom. The maximum Gasteiger partial charge on any atom is 0.374 e. The summed E-state index contributed by atoms with van der Waals surface area (Å²) in [5, 5.41) is 12.5. The lowest BCUT2D eigenvalue weighted by Crippen LogP contribution is -2.30. The van der Waals surface area contributed by atoms with Crippen molar-refractivity contribution in [2.45, 2.75) is 6.92 Å². The first-order valence-electron chi connectivity index (χ1n) is 8.66. The molecule has 0 spiro atoms. The molecular weight excluding hydrogens is 392 g/mol. The number of para-hydroxylation sites is 1. The molecule has 3 aromatic heterocycles. The number of hydrogen-bond donors (Lipinski definition) is 2. The molecule has 11 heteroatoms. The average molecular weight is 406 g/mol. The summed E-state index contributed by atoms with van der Waals surface area (Å²) in [7, 11) is 0. The molecule has 150 valence electrons. The molecule has 3 heterocycles. The number of aryl methyl sites for hydroxylation is 1. The third-order valence-corrected chi connectivity index (χ3v) is 4.04. The highest BCUT2D eigenvalue weighted by Gasteiger charge is 2.26. The van der Waals surface area contributed by atoms with Crippen molar-refractivity contribution < 1.29 is 18.9 Å². The Morgan fingerprint density at radius 3 is 2.80 bits per heavy atom. The van der Waals surface area contributed by atoms with Gasteiger partial charge in [-0.05, 0) is 31.2 Å². The molecule has 11 nitrogen and oxygen atoms in total. The van der Waals surface area contributed by atoms with Crippen LogP contribution in [0.1, 0.15) is 16.2 Å². The highest BCUT2D eigenvalue weighted by molar-refractivity contribution is 5.92. The van der Waals surface area contributed by atoms with Crippen molar-refractivity contribution in [2.24, 2.45) is 0 Å². The number of pyridine rings is 1. The molecule has 0 radical (unpaired) electrons. The Labute approximate surface area is 168 Å². The number of carbonyl (C=O) groups excluding carboxylic acids is 1. The fraction of sp³-hybridized carbons (Fsp3) is 0.0526. The number of anilines is 1. The van der Waals surface area contributed by atoms with E-state index in [1.165, 1.54) is 18.4 Å². The summed E-state index contributed by atoms with van der Waals surface area (Å²) in [5.41, 5.74) is 5.43. The van der Waals surface area contributed by atoms with Crippen LogP contribution in [0.15, 0.2) is 59.5 Å². The first-order valence-corrected chi connectivity index (χ1v) is 8.66. The van der Waals surface area contributed by atoms with Gasteiger partial charge in [0.25, 0.3) is 0 Å². The van der Waals surface area contributed by atoms with E-state index in [0.29, 0.717) is 11.3 Å². The molecule has 0 aliphatic rings. The number of hydrogen-bond acceptors (Lipinski definition) is 9. The highest BCUT2D eigenvalue weighted by Crippen LogP contribution is 2.35. The van der Waals surface area contributed by atoms with Crippen LogP contribution in [0.5, 0.6) is 11.6 Å². The zero-order valence-electron chi connectivity index (χ0n) is 15.5. The van der Waals surface area contributed by atoms with Gasteiger partial charge in [0, 0.05) is 11.1 Å². The number of rotatable bonds is 6. The molecule has 0 aliphatic carbocycles. The van der Waals surface area contributed by atoms with Crippen LogP contribution in [-0.4, -0.2) is 25.8 Å². The van der Waals surface area contributed by atoms with Crippen molar-refractivity contribution in [2.75, 3.05) is 5.43 Å². The Balaban J connectivity index is 1.66. The first-order chi connectivity index (χ1) is 14.5. The number of amides is 1. The molecule has 30 heavy (non-hydrogen) atoms. The lowest BCUT2D eigenvalue weighted by molar-refractivity contribution is -0.385. The van der Waals surface area contributed by atoms with E-state index in [4.69, 9.17) is 9.15 Å². The second kappa shape index (κ2) is 7.83. The molecule has 2 N–H and O–H groups in total.